The van der Waals surface area contributed by atoms with Crippen LogP contribution in [0.25, 0.3) is 5.69 Å². The van der Waals surface area contributed by atoms with Crippen LogP contribution in [0.3, 0.4) is 0 Å². The van der Waals surface area contributed by atoms with Gasteiger partial charge >= 0.3 is 0 Å². The van der Waals surface area contributed by atoms with Crippen LogP contribution in [-0.4, -0.2) is 24.5 Å². The van der Waals surface area contributed by atoms with Crippen molar-refractivity contribution in [2.24, 2.45) is 7.05 Å². The number of rotatable bonds is 3. The van der Waals surface area contributed by atoms with E-state index >= 15 is 0 Å². The normalized spacial score (nSPS) is 10.9. The summed E-state index contributed by atoms with van der Waals surface area (Å²) in [5.41, 5.74) is 0.303. The number of aryl methyl sites for hydroxylation is 1. The first-order valence-corrected chi connectivity index (χ1v) is 7.64. The Labute approximate surface area is 135 Å². The van der Waals surface area contributed by atoms with Gasteiger partial charge in [-0.2, -0.15) is 9.78 Å². The lowest BCUT2D eigenvalue weighted by molar-refractivity contribution is 0.762. The average Bonchev–Trinajstić information content (AvgIpc) is 2.85. The quantitative estimate of drug-likeness (QED) is 0.736. The molecule has 6 nitrogen and oxygen atoms in total. The summed E-state index contributed by atoms with van der Waals surface area (Å²) in [5, 5.41) is 13.0. The highest BCUT2D eigenvalue weighted by Crippen LogP contribution is 2.29. The largest absolute Gasteiger partial charge is 0.309 e. The predicted octanol–water partition coefficient (Wildman–Crippen LogP) is 2.47. The van der Waals surface area contributed by atoms with Gasteiger partial charge in [-0.05, 0) is 30.8 Å². The average molecular weight is 334 g/mol. The predicted molar refractivity (Wildman–Crippen MR) is 84.7 cm³/mol. The lowest BCUT2D eigenvalue weighted by atomic mass is 10.3. The van der Waals surface area contributed by atoms with Gasteiger partial charge in [0.15, 0.2) is 5.16 Å². The van der Waals surface area contributed by atoms with E-state index < -0.39 is 0 Å². The van der Waals surface area contributed by atoms with Crippen LogP contribution < -0.4 is 5.56 Å². The zero-order valence-electron chi connectivity index (χ0n) is 11.9. The highest BCUT2D eigenvalue weighted by Gasteiger charge is 2.14. The van der Waals surface area contributed by atoms with Gasteiger partial charge in [0.05, 0.1) is 16.8 Å². The van der Waals surface area contributed by atoms with Gasteiger partial charge in [-0.15, -0.1) is 10.2 Å². The molecule has 0 unspecified atom stereocenters. The molecule has 2 aromatic heterocycles. The van der Waals surface area contributed by atoms with Gasteiger partial charge in [-0.25, -0.2) is 0 Å². The molecule has 0 fully saturated rings. The molecule has 0 amide bonds. The maximum atomic E-state index is 12.4. The van der Waals surface area contributed by atoms with Gasteiger partial charge in [0, 0.05) is 7.05 Å². The van der Waals surface area contributed by atoms with Crippen LogP contribution in [0, 0.1) is 6.92 Å². The van der Waals surface area contributed by atoms with Crippen molar-refractivity contribution < 1.29 is 0 Å². The monoisotopic (exact) mass is 333 g/mol. The summed E-state index contributed by atoms with van der Waals surface area (Å²) < 4.78 is 3.10. The van der Waals surface area contributed by atoms with Crippen molar-refractivity contribution in [1.29, 1.82) is 0 Å². The van der Waals surface area contributed by atoms with E-state index in [1.165, 1.54) is 16.4 Å². The molecule has 0 saturated heterocycles. The molecule has 2 heterocycles. The second kappa shape index (κ2) is 5.94. The van der Waals surface area contributed by atoms with E-state index in [-0.39, 0.29) is 10.6 Å². The first-order valence-electron chi connectivity index (χ1n) is 6.45. The van der Waals surface area contributed by atoms with E-state index in [0.717, 1.165) is 5.82 Å². The van der Waals surface area contributed by atoms with E-state index in [9.17, 15) is 4.79 Å². The lowest BCUT2D eigenvalue weighted by Gasteiger charge is -2.07. The first-order chi connectivity index (χ1) is 10.6. The van der Waals surface area contributed by atoms with E-state index in [2.05, 4.69) is 15.3 Å². The summed E-state index contributed by atoms with van der Waals surface area (Å²) in [6.45, 7) is 1.85. The third kappa shape index (κ3) is 2.65. The van der Waals surface area contributed by atoms with Crippen LogP contribution in [0.5, 0.6) is 0 Å². The number of aromatic nitrogens is 5. The van der Waals surface area contributed by atoms with Crippen LogP contribution >= 0.6 is 23.4 Å². The number of nitrogens with zero attached hydrogens (tertiary/aromatic N) is 5. The minimum absolute atomic E-state index is 0.115. The molecule has 0 saturated carbocycles. The molecule has 3 rings (SSSR count). The van der Waals surface area contributed by atoms with Crippen LogP contribution in [0.2, 0.25) is 5.02 Å². The molecule has 0 atom stereocenters. The molecule has 0 N–H and O–H groups in total. The number of para-hydroxylation sites is 1. The van der Waals surface area contributed by atoms with E-state index in [4.69, 9.17) is 11.6 Å². The molecule has 8 heteroatoms. The van der Waals surface area contributed by atoms with Gasteiger partial charge in [0.1, 0.15) is 10.8 Å². The first kappa shape index (κ1) is 14.8. The zero-order valence-corrected chi connectivity index (χ0v) is 13.5. The highest BCUT2D eigenvalue weighted by atomic mass is 35.5. The van der Waals surface area contributed by atoms with Crippen molar-refractivity contribution in [1.82, 2.24) is 24.5 Å². The molecule has 112 valence electrons. The minimum atomic E-state index is -0.364. The third-order valence-electron chi connectivity index (χ3n) is 3.14. The Morgan fingerprint density at radius 1 is 1.18 bits per heavy atom. The fraction of sp³-hybridized carbons (Fsp3) is 0.143. The van der Waals surface area contributed by atoms with Gasteiger partial charge in [0.2, 0.25) is 0 Å². The van der Waals surface area contributed by atoms with E-state index in [1.807, 2.05) is 36.7 Å². The number of halogens is 1. The van der Waals surface area contributed by atoms with E-state index in [1.54, 1.807) is 18.3 Å². The molecule has 0 radical (unpaired) electrons. The number of hydrogen-bond donors (Lipinski definition) is 0. The van der Waals surface area contributed by atoms with Crippen molar-refractivity contribution in [3.05, 3.63) is 57.7 Å². The molecule has 1 aromatic carbocycles. The van der Waals surface area contributed by atoms with Gasteiger partial charge in [-0.1, -0.05) is 29.8 Å². The van der Waals surface area contributed by atoms with Crippen molar-refractivity contribution >= 4 is 23.4 Å². The van der Waals surface area contributed by atoms with Gasteiger partial charge in [0.25, 0.3) is 5.56 Å². The molecule has 0 aliphatic carbocycles. The fourth-order valence-corrected chi connectivity index (χ4v) is 2.89. The van der Waals surface area contributed by atoms with Crippen molar-refractivity contribution in [2.45, 2.75) is 17.0 Å². The molecule has 3 aromatic rings. The SMILES string of the molecule is Cc1nnc(Sc2cnn(-c3ccccc3)c(=O)c2Cl)n1C. The van der Waals surface area contributed by atoms with Crippen molar-refractivity contribution in [3.8, 4) is 5.69 Å². The maximum absolute atomic E-state index is 12.4. The van der Waals surface area contributed by atoms with E-state index in [0.29, 0.717) is 15.7 Å². The summed E-state index contributed by atoms with van der Waals surface area (Å²) in [4.78, 5) is 12.9. The lowest BCUT2D eigenvalue weighted by Crippen LogP contribution is -2.21. The Balaban J connectivity index is 2.00. The summed E-state index contributed by atoms with van der Waals surface area (Å²) in [6.07, 6.45) is 1.56. The van der Waals surface area contributed by atoms with Crippen LogP contribution in [-0.2, 0) is 7.05 Å². The molecule has 0 spiro atoms. The fourth-order valence-electron chi connectivity index (χ4n) is 1.82. The molecule has 0 aliphatic rings. The summed E-state index contributed by atoms with van der Waals surface area (Å²) in [6, 6.07) is 9.13. The highest BCUT2D eigenvalue weighted by molar-refractivity contribution is 7.99. The summed E-state index contributed by atoms with van der Waals surface area (Å²) in [7, 11) is 1.85. The second-order valence-corrected chi connectivity index (χ2v) is 5.95. The molecule has 0 aliphatic heterocycles. The standard InChI is InChI=1S/C14H12ClN5OS/c1-9-17-18-14(19(9)2)22-11-8-16-20(13(21)12(11)15)10-6-4-3-5-7-10/h3-8H,1-2H3. The van der Waals surface area contributed by atoms with Crippen molar-refractivity contribution in [2.75, 3.05) is 0 Å². The van der Waals surface area contributed by atoms with Crippen LogP contribution in [0.4, 0.5) is 0 Å². The maximum Gasteiger partial charge on any atom is 0.291 e. The smallest absolute Gasteiger partial charge is 0.291 e. The van der Waals surface area contributed by atoms with Crippen LogP contribution in [0.15, 0.2) is 51.4 Å². The Kier molecular flexibility index (Phi) is 4.00. The number of hydrogen-bond acceptors (Lipinski definition) is 5. The minimum Gasteiger partial charge on any atom is -0.309 e. The zero-order chi connectivity index (χ0) is 15.7. The summed E-state index contributed by atoms with van der Waals surface area (Å²) in [5.74, 6) is 0.782. The Morgan fingerprint density at radius 2 is 1.91 bits per heavy atom. The second-order valence-electron chi connectivity index (χ2n) is 4.57. The molecular weight excluding hydrogens is 322 g/mol. The van der Waals surface area contributed by atoms with Crippen LogP contribution in [0.1, 0.15) is 5.82 Å². The van der Waals surface area contributed by atoms with Gasteiger partial charge in [-0.3, -0.25) is 4.79 Å². The van der Waals surface area contributed by atoms with Gasteiger partial charge < -0.3 is 4.57 Å². The molecule has 0 bridgehead atoms. The molecule has 22 heavy (non-hydrogen) atoms. The Bertz CT molecular complexity index is 875. The topological polar surface area (TPSA) is 65.6 Å². The molecular formula is C14H12ClN5OS. The summed E-state index contributed by atoms with van der Waals surface area (Å²) >= 11 is 7.47. The Hall–Kier alpha value is -2.12. The third-order valence-corrected chi connectivity index (χ3v) is 4.69. The number of benzene rings is 1. The van der Waals surface area contributed by atoms with Crippen molar-refractivity contribution in [3.63, 3.8) is 0 Å². The Morgan fingerprint density at radius 3 is 2.55 bits per heavy atom.